The standard InChI is InChI=1S/C16H19N3O3/c1-5-12(14(20)22-16(2,3)4)19-13-8-10(9-17)6-7-11(13)18-15(19)21/h6-8,12H,5H2,1-4H3,(H,18,21). The van der Waals surface area contributed by atoms with E-state index in [0.717, 1.165) is 0 Å². The molecule has 1 heterocycles. The van der Waals surface area contributed by atoms with Crippen LogP contribution in [0.3, 0.4) is 0 Å². The van der Waals surface area contributed by atoms with Crippen LogP contribution in [-0.4, -0.2) is 21.1 Å². The van der Waals surface area contributed by atoms with Gasteiger partial charge in [0.05, 0.1) is 22.7 Å². The highest BCUT2D eigenvalue weighted by Crippen LogP contribution is 2.22. The molecule has 0 aliphatic heterocycles. The Hall–Kier alpha value is -2.55. The number of H-pyrrole nitrogens is 1. The van der Waals surface area contributed by atoms with Crippen molar-refractivity contribution in [2.24, 2.45) is 0 Å². The molecule has 1 aromatic heterocycles. The summed E-state index contributed by atoms with van der Waals surface area (Å²) in [6, 6.07) is 6.19. The maximum atomic E-state index is 12.4. The van der Waals surface area contributed by atoms with Crippen LogP contribution in [0.1, 0.15) is 45.7 Å². The second kappa shape index (κ2) is 5.68. The van der Waals surface area contributed by atoms with Crippen LogP contribution in [0.4, 0.5) is 0 Å². The fourth-order valence-corrected chi connectivity index (χ4v) is 2.32. The Bertz CT molecular complexity index is 803. The number of hydrogen-bond donors (Lipinski definition) is 1. The van der Waals surface area contributed by atoms with Crippen molar-refractivity contribution in [3.8, 4) is 6.07 Å². The molecule has 0 spiro atoms. The minimum absolute atomic E-state index is 0.386. The molecule has 2 rings (SSSR count). The first-order valence-electron chi connectivity index (χ1n) is 7.14. The summed E-state index contributed by atoms with van der Waals surface area (Å²) in [6.07, 6.45) is 0.415. The molecule has 1 atom stereocenters. The lowest BCUT2D eigenvalue weighted by molar-refractivity contribution is -0.159. The van der Waals surface area contributed by atoms with Gasteiger partial charge in [0.15, 0.2) is 0 Å². The summed E-state index contributed by atoms with van der Waals surface area (Å²) in [5, 5.41) is 9.01. The van der Waals surface area contributed by atoms with Crippen molar-refractivity contribution in [1.82, 2.24) is 9.55 Å². The third kappa shape index (κ3) is 3.03. The van der Waals surface area contributed by atoms with Gasteiger partial charge in [-0.15, -0.1) is 0 Å². The van der Waals surface area contributed by atoms with Gasteiger partial charge in [-0.1, -0.05) is 6.92 Å². The molecule has 0 amide bonds. The average molecular weight is 301 g/mol. The quantitative estimate of drug-likeness (QED) is 0.882. The highest BCUT2D eigenvalue weighted by Gasteiger charge is 2.28. The fourth-order valence-electron chi connectivity index (χ4n) is 2.32. The van der Waals surface area contributed by atoms with Crippen molar-refractivity contribution in [3.05, 3.63) is 34.2 Å². The lowest BCUT2D eigenvalue weighted by atomic mass is 10.1. The van der Waals surface area contributed by atoms with Gasteiger partial charge in [0, 0.05) is 0 Å². The lowest BCUT2D eigenvalue weighted by Gasteiger charge is -2.24. The van der Waals surface area contributed by atoms with Gasteiger partial charge in [-0.05, 0) is 45.4 Å². The fraction of sp³-hybridized carbons (Fsp3) is 0.438. The lowest BCUT2D eigenvalue weighted by Crippen LogP contribution is -2.33. The van der Waals surface area contributed by atoms with Gasteiger partial charge in [-0.2, -0.15) is 5.26 Å². The number of esters is 1. The molecule has 22 heavy (non-hydrogen) atoms. The van der Waals surface area contributed by atoms with Crippen LogP contribution in [0.25, 0.3) is 11.0 Å². The summed E-state index contributed by atoms with van der Waals surface area (Å²) in [5.74, 6) is -0.458. The van der Waals surface area contributed by atoms with Crippen LogP contribution in [0, 0.1) is 11.3 Å². The Morgan fingerprint density at radius 3 is 2.68 bits per heavy atom. The van der Waals surface area contributed by atoms with Gasteiger partial charge in [-0.25, -0.2) is 9.59 Å². The maximum absolute atomic E-state index is 12.4. The van der Waals surface area contributed by atoms with E-state index in [9.17, 15) is 9.59 Å². The van der Waals surface area contributed by atoms with E-state index in [-0.39, 0.29) is 5.69 Å². The van der Waals surface area contributed by atoms with E-state index >= 15 is 0 Å². The topological polar surface area (TPSA) is 87.9 Å². The first kappa shape index (κ1) is 15.8. The summed E-state index contributed by atoms with van der Waals surface area (Å²) in [5.41, 5.74) is 0.535. The van der Waals surface area contributed by atoms with E-state index in [4.69, 9.17) is 10.00 Å². The molecule has 6 heteroatoms. The van der Waals surface area contributed by atoms with E-state index < -0.39 is 17.6 Å². The zero-order valence-electron chi connectivity index (χ0n) is 13.1. The van der Waals surface area contributed by atoms with Gasteiger partial charge in [0.2, 0.25) is 0 Å². The minimum Gasteiger partial charge on any atom is -0.458 e. The first-order valence-corrected chi connectivity index (χ1v) is 7.14. The predicted octanol–water partition coefficient (Wildman–Crippen LogP) is 2.49. The molecular weight excluding hydrogens is 282 g/mol. The van der Waals surface area contributed by atoms with Crippen LogP contribution in [0.2, 0.25) is 0 Å². The zero-order chi connectivity index (χ0) is 16.5. The molecule has 1 aromatic carbocycles. The number of imidazole rings is 1. The number of carbonyl (C=O) groups excluding carboxylic acids is 1. The molecule has 0 saturated heterocycles. The van der Waals surface area contributed by atoms with Crippen molar-refractivity contribution >= 4 is 17.0 Å². The van der Waals surface area contributed by atoms with Crippen molar-refractivity contribution in [2.45, 2.75) is 45.8 Å². The number of benzene rings is 1. The van der Waals surface area contributed by atoms with E-state index in [1.54, 1.807) is 39.0 Å². The number of nitrogens with one attached hydrogen (secondary N) is 1. The SMILES string of the molecule is CCC(C(=O)OC(C)(C)C)n1c(=O)[nH]c2ccc(C#N)cc21. The van der Waals surface area contributed by atoms with E-state index in [0.29, 0.717) is 23.0 Å². The van der Waals surface area contributed by atoms with Crippen molar-refractivity contribution in [3.63, 3.8) is 0 Å². The van der Waals surface area contributed by atoms with E-state index in [1.165, 1.54) is 4.57 Å². The number of nitrogens with zero attached hydrogens (tertiary/aromatic N) is 2. The maximum Gasteiger partial charge on any atom is 0.329 e. The first-order chi connectivity index (χ1) is 10.3. The molecule has 0 aliphatic rings. The zero-order valence-corrected chi connectivity index (χ0v) is 13.1. The highest BCUT2D eigenvalue weighted by atomic mass is 16.6. The molecule has 0 bridgehead atoms. The van der Waals surface area contributed by atoms with Crippen LogP contribution in [0.15, 0.2) is 23.0 Å². The average Bonchev–Trinajstić information content (AvgIpc) is 2.73. The van der Waals surface area contributed by atoms with E-state index in [2.05, 4.69) is 4.98 Å². The molecule has 6 nitrogen and oxygen atoms in total. The molecule has 1 unspecified atom stereocenters. The van der Waals surface area contributed by atoms with E-state index in [1.807, 2.05) is 13.0 Å². The predicted molar refractivity (Wildman–Crippen MR) is 82.4 cm³/mol. The number of fused-ring (bicyclic) bond motifs is 1. The van der Waals surface area contributed by atoms with Gasteiger partial charge in [0.25, 0.3) is 0 Å². The Kier molecular flexibility index (Phi) is 4.09. The molecule has 2 aromatic rings. The third-order valence-corrected chi connectivity index (χ3v) is 3.22. The number of carbonyl (C=O) groups is 1. The van der Waals surface area contributed by atoms with Gasteiger partial charge >= 0.3 is 11.7 Å². The molecular formula is C16H19N3O3. The second-order valence-electron chi connectivity index (χ2n) is 6.10. The molecule has 0 aliphatic carbocycles. The highest BCUT2D eigenvalue weighted by molar-refractivity contribution is 5.81. The summed E-state index contributed by atoms with van der Waals surface area (Å²) >= 11 is 0. The monoisotopic (exact) mass is 301 g/mol. The van der Waals surface area contributed by atoms with Crippen LogP contribution >= 0.6 is 0 Å². The number of aromatic amines is 1. The molecule has 1 N–H and O–H groups in total. The smallest absolute Gasteiger partial charge is 0.329 e. The van der Waals surface area contributed by atoms with Crippen molar-refractivity contribution in [2.75, 3.05) is 0 Å². The van der Waals surface area contributed by atoms with Crippen LogP contribution in [0.5, 0.6) is 0 Å². The molecule has 0 radical (unpaired) electrons. The summed E-state index contributed by atoms with van der Waals surface area (Å²) in [6.45, 7) is 7.16. The molecule has 0 saturated carbocycles. The second-order valence-corrected chi connectivity index (χ2v) is 6.10. The molecule has 116 valence electrons. The molecule has 0 fully saturated rings. The minimum atomic E-state index is -0.727. The Morgan fingerprint density at radius 1 is 1.45 bits per heavy atom. The number of rotatable bonds is 3. The van der Waals surface area contributed by atoms with Crippen molar-refractivity contribution < 1.29 is 9.53 Å². The van der Waals surface area contributed by atoms with Gasteiger partial charge in [-0.3, -0.25) is 4.57 Å². The van der Waals surface area contributed by atoms with Crippen LogP contribution in [-0.2, 0) is 9.53 Å². The largest absolute Gasteiger partial charge is 0.458 e. The normalized spacial score (nSPS) is 12.9. The Morgan fingerprint density at radius 2 is 2.14 bits per heavy atom. The van der Waals surface area contributed by atoms with Gasteiger partial charge in [0.1, 0.15) is 11.6 Å². The number of nitriles is 1. The number of hydrogen-bond acceptors (Lipinski definition) is 4. The number of aromatic nitrogens is 2. The Labute approximate surface area is 128 Å². The Balaban J connectivity index is 2.56. The van der Waals surface area contributed by atoms with Crippen LogP contribution < -0.4 is 5.69 Å². The number of ether oxygens (including phenoxy) is 1. The summed E-state index contributed by atoms with van der Waals surface area (Å²) in [4.78, 5) is 27.3. The third-order valence-electron chi connectivity index (χ3n) is 3.22. The van der Waals surface area contributed by atoms with Crippen molar-refractivity contribution in [1.29, 1.82) is 5.26 Å². The summed E-state index contributed by atoms with van der Waals surface area (Å²) in [7, 11) is 0. The summed E-state index contributed by atoms with van der Waals surface area (Å²) < 4.78 is 6.76. The van der Waals surface area contributed by atoms with Gasteiger partial charge < -0.3 is 9.72 Å².